The van der Waals surface area contributed by atoms with Crippen LogP contribution in [0, 0.1) is 0 Å². The standard InChI is InChI=1S/C25H28N2O5S/c1-3-26(4-2)20-11-9-18(10-12-20)16-27(21-13-14-33(30,31)17-21)24(28)22-15-19-7-5-6-8-23(19)32-25(22)29/h5-12,15,21H,3-4,13-14,16-17H2,1-2H3/t21-/m0/s1. The Labute approximate surface area is 193 Å². The van der Waals surface area contributed by atoms with E-state index in [-0.39, 0.29) is 23.6 Å². The maximum absolute atomic E-state index is 13.5. The first kappa shape index (κ1) is 23.0. The number of sulfone groups is 1. The molecule has 0 spiro atoms. The second-order valence-electron chi connectivity index (χ2n) is 8.31. The Kier molecular flexibility index (Phi) is 6.56. The van der Waals surface area contributed by atoms with Crippen LogP contribution in [0.2, 0.25) is 0 Å². The molecular weight excluding hydrogens is 440 g/mol. The van der Waals surface area contributed by atoms with Gasteiger partial charge in [-0.15, -0.1) is 0 Å². The summed E-state index contributed by atoms with van der Waals surface area (Å²) in [5, 5.41) is 0.642. The number of carbonyl (C=O) groups excluding carboxylic acids is 1. The summed E-state index contributed by atoms with van der Waals surface area (Å²) in [7, 11) is -3.22. The van der Waals surface area contributed by atoms with Crippen molar-refractivity contribution in [1.82, 2.24) is 4.90 Å². The number of carbonyl (C=O) groups is 1. The molecular formula is C25H28N2O5S. The number of benzene rings is 2. The first-order valence-corrected chi connectivity index (χ1v) is 13.0. The molecule has 1 saturated heterocycles. The van der Waals surface area contributed by atoms with Crippen LogP contribution in [0.3, 0.4) is 0 Å². The maximum Gasteiger partial charge on any atom is 0.349 e. The molecule has 0 unspecified atom stereocenters. The highest BCUT2D eigenvalue weighted by Gasteiger charge is 2.36. The van der Waals surface area contributed by atoms with Gasteiger partial charge in [0, 0.05) is 36.7 Å². The number of hydrogen-bond donors (Lipinski definition) is 0. The lowest BCUT2D eigenvalue weighted by Gasteiger charge is -2.28. The lowest BCUT2D eigenvalue weighted by Crippen LogP contribution is -2.42. The molecule has 2 aromatic carbocycles. The fourth-order valence-corrected chi connectivity index (χ4v) is 6.08. The van der Waals surface area contributed by atoms with Gasteiger partial charge in [-0.25, -0.2) is 13.2 Å². The smallest absolute Gasteiger partial charge is 0.349 e. The summed E-state index contributed by atoms with van der Waals surface area (Å²) in [5.41, 5.74) is 1.55. The second kappa shape index (κ2) is 9.39. The van der Waals surface area contributed by atoms with E-state index in [2.05, 4.69) is 18.7 Å². The number of amides is 1. The maximum atomic E-state index is 13.5. The van der Waals surface area contributed by atoms with Gasteiger partial charge in [0.1, 0.15) is 11.1 Å². The van der Waals surface area contributed by atoms with E-state index in [1.54, 1.807) is 24.3 Å². The van der Waals surface area contributed by atoms with Gasteiger partial charge < -0.3 is 14.2 Å². The molecule has 7 nitrogen and oxygen atoms in total. The molecule has 1 fully saturated rings. The van der Waals surface area contributed by atoms with E-state index in [4.69, 9.17) is 4.42 Å². The summed E-state index contributed by atoms with van der Waals surface area (Å²) in [5.74, 6) is -0.575. The minimum Gasteiger partial charge on any atom is -0.422 e. The first-order valence-electron chi connectivity index (χ1n) is 11.2. The van der Waals surface area contributed by atoms with E-state index in [1.807, 2.05) is 24.3 Å². The molecule has 33 heavy (non-hydrogen) atoms. The van der Waals surface area contributed by atoms with Crippen molar-refractivity contribution in [3.05, 3.63) is 76.1 Å². The molecule has 1 aliphatic rings. The van der Waals surface area contributed by atoms with E-state index in [0.717, 1.165) is 24.3 Å². The highest BCUT2D eigenvalue weighted by atomic mass is 32.2. The number of anilines is 1. The van der Waals surface area contributed by atoms with Gasteiger partial charge >= 0.3 is 5.63 Å². The van der Waals surface area contributed by atoms with Gasteiger partial charge in [0.05, 0.1) is 11.5 Å². The molecule has 1 aromatic heterocycles. The van der Waals surface area contributed by atoms with Gasteiger partial charge in [0.15, 0.2) is 9.84 Å². The average Bonchev–Trinajstić information content (AvgIpc) is 3.17. The first-order chi connectivity index (χ1) is 15.8. The number of nitrogens with zero attached hydrogens (tertiary/aromatic N) is 2. The molecule has 0 radical (unpaired) electrons. The zero-order valence-corrected chi connectivity index (χ0v) is 19.7. The fourth-order valence-electron chi connectivity index (χ4n) is 4.35. The molecule has 0 N–H and O–H groups in total. The van der Waals surface area contributed by atoms with Gasteiger partial charge in [-0.1, -0.05) is 30.3 Å². The largest absolute Gasteiger partial charge is 0.422 e. The van der Waals surface area contributed by atoms with Crippen molar-refractivity contribution in [3.63, 3.8) is 0 Å². The second-order valence-corrected chi connectivity index (χ2v) is 10.5. The van der Waals surface area contributed by atoms with Crippen LogP contribution in [-0.2, 0) is 16.4 Å². The normalized spacial score (nSPS) is 17.2. The summed E-state index contributed by atoms with van der Waals surface area (Å²) >= 11 is 0. The summed E-state index contributed by atoms with van der Waals surface area (Å²) in [6.07, 6.45) is 0.352. The zero-order chi connectivity index (χ0) is 23.6. The molecule has 0 saturated carbocycles. The molecule has 174 valence electrons. The predicted molar refractivity (Wildman–Crippen MR) is 129 cm³/mol. The summed E-state index contributed by atoms with van der Waals surface area (Å²) in [6, 6.07) is 15.9. The van der Waals surface area contributed by atoms with Crippen molar-refractivity contribution in [1.29, 1.82) is 0 Å². The molecule has 0 bridgehead atoms. The minimum atomic E-state index is -3.22. The van der Waals surface area contributed by atoms with Crippen LogP contribution in [0.25, 0.3) is 11.0 Å². The Balaban J connectivity index is 1.68. The Morgan fingerprint density at radius 3 is 2.39 bits per heavy atom. The van der Waals surface area contributed by atoms with Crippen LogP contribution in [0.4, 0.5) is 5.69 Å². The number of fused-ring (bicyclic) bond motifs is 1. The molecule has 1 atom stereocenters. The van der Waals surface area contributed by atoms with Gasteiger partial charge in [0.25, 0.3) is 5.91 Å². The van der Waals surface area contributed by atoms with Crippen molar-refractivity contribution in [2.75, 3.05) is 29.5 Å². The minimum absolute atomic E-state index is 0.0364. The monoisotopic (exact) mass is 468 g/mol. The lowest BCUT2D eigenvalue weighted by atomic mass is 10.1. The Hall–Kier alpha value is -3.13. The van der Waals surface area contributed by atoms with Crippen molar-refractivity contribution in [3.8, 4) is 0 Å². The molecule has 0 aliphatic carbocycles. The summed E-state index contributed by atoms with van der Waals surface area (Å²) in [6.45, 7) is 6.17. The fraction of sp³-hybridized carbons (Fsp3) is 0.360. The molecule has 3 aromatic rings. The van der Waals surface area contributed by atoms with Crippen LogP contribution in [0.5, 0.6) is 0 Å². The molecule has 1 amide bonds. The number of rotatable bonds is 7. The quantitative estimate of drug-likeness (QED) is 0.494. The van der Waals surface area contributed by atoms with Gasteiger partial charge in [-0.2, -0.15) is 0 Å². The van der Waals surface area contributed by atoms with Gasteiger partial charge in [-0.05, 0) is 50.1 Å². The van der Waals surface area contributed by atoms with E-state index < -0.39 is 27.4 Å². The predicted octanol–water partition coefficient (Wildman–Crippen LogP) is 3.47. The third kappa shape index (κ3) is 4.95. The third-order valence-corrected chi connectivity index (χ3v) is 7.95. The van der Waals surface area contributed by atoms with Crippen LogP contribution in [0.1, 0.15) is 36.2 Å². The van der Waals surface area contributed by atoms with Crippen molar-refractivity contribution < 1.29 is 17.6 Å². The van der Waals surface area contributed by atoms with Crippen molar-refractivity contribution in [2.45, 2.75) is 32.9 Å². The summed E-state index contributed by atoms with van der Waals surface area (Å²) < 4.78 is 29.7. The molecule has 8 heteroatoms. The van der Waals surface area contributed by atoms with Crippen LogP contribution >= 0.6 is 0 Å². The van der Waals surface area contributed by atoms with Crippen LogP contribution in [0.15, 0.2) is 63.8 Å². The molecule has 1 aliphatic heterocycles. The SMILES string of the molecule is CCN(CC)c1ccc(CN(C(=O)c2cc3ccccc3oc2=O)[C@H]2CCS(=O)(=O)C2)cc1. The van der Waals surface area contributed by atoms with E-state index >= 15 is 0 Å². The van der Waals surface area contributed by atoms with Crippen LogP contribution in [-0.4, -0.2) is 49.9 Å². The third-order valence-electron chi connectivity index (χ3n) is 6.20. The van der Waals surface area contributed by atoms with Gasteiger partial charge in [-0.3, -0.25) is 4.79 Å². The summed E-state index contributed by atoms with van der Waals surface area (Å²) in [4.78, 5) is 29.9. The highest BCUT2D eigenvalue weighted by Crippen LogP contribution is 2.24. The average molecular weight is 469 g/mol. The Morgan fingerprint density at radius 2 is 1.76 bits per heavy atom. The topological polar surface area (TPSA) is 87.9 Å². The van der Waals surface area contributed by atoms with Crippen molar-refractivity contribution >= 4 is 32.4 Å². The lowest BCUT2D eigenvalue weighted by molar-refractivity contribution is 0.0676. The Morgan fingerprint density at radius 1 is 1.06 bits per heavy atom. The molecule has 2 heterocycles. The number of hydrogen-bond acceptors (Lipinski definition) is 6. The molecule has 4 rings (SSSR count). The highest BCUT2D eigenvalue weighted by molar-refractivity contribution is 7.91. The zero-order valence-electron chi connectivity index (χ0n) is 18.9. The van der Waals surface area contributed by atoms with Gasteiger partial charge in [0.2, 0.25) is 0 Å². The van der Waals surface area contributed by atoms with E-state index in [1.165, 1.54) is 11.0 Å². The van der Waals surface area contributed by atoms with Crippen LogP contribution < -0.4 is 10.5 Å². The van der Waals surface area contributed by atoms with E-state index in [9.17, 15) is 18.0 Å². The number of para-hydroxylation sites is 1. The van der Waals surface area contributed by atoms with Crippen molar-refractivity contribution in [2.24, 2.45) is 0 Å². The Bertz CT molecular complexity index is 1310. The van der Waals surface area contributed by atoms with E-state index in [0.29, 0.717) is 17.4 Å².